The van der Waals surface area contributed by atoms with Crippen molar-refractivity contribution in [1.82, 2.24) is 30.0 Å². The van der Waals surface area contributed by atoms with Gasteiger partial charge in [0.15, 0.2) is 5.82 Å². The smallest absolute Gasteiger partial charge is 0.338 e. The molecule has 260 valence electrons. The van der Waals surface area contributed by atoms with E-state index in [2.05, 4.69) is 43.8 Å². The summed E-state index contributed by atoms with van der Waals surface area (Å²) in [6, 6.07) is 14.2. The molecule has 1 aromatic heterocycles. The van der Waals surface area contributed by atoms with E-state index in [-0.39, 0.29) is 22.8 Å². The first kappa shape index (κ1) is 34.7. The van der Waals surface area contributed by atoms with Gasteiger partial charge in [-0.15, -0.1) is 5.10 Å². The molecule has 1 N–H and O–H groups in total. The zero-order valence-corrected chi connectivity index (χ0v) is 29.0. The first-order valence-corrected chi connectivity index (χ1v) is 16.7. The number of fused-ring (bicyclic) bond motifs is 1. The molecule has 0 radical (unpaired) electrons. The van der Waals surface area contributed by atoms with E-state index < -0.39 is 35.2 Å². The van der Waals surface area contributed by atoms with Crippen molar-refractivity contribution in [2.45, 2.75) is 38.8 Å². The number of anilines is 2. The van der Waals surface area contributed by atoms with Crippen LogP contribution in [0.2, 0.25) is 5.02 Å². The summed E-state index contributed by atoms with van der Waals surface area (Å²) in [7, 11) is 2.09. The van der Waals surface area contributed by atoms with E-state index in [0.717, 1.165) is 37.4 Å². The normalized spacial score (nSPS) is 16.7. The zero-order valence-electron chi connectivity index (χ0n) is 28.3. The Morgan fingerprint density at radius 1 is 0.980 bits per heavy atom. The van der Waals surface area contributed by atoms with Crippen LogP contribution in [-0.2, 0) is 20.7 Å². The summed E-state index contributed by atoms with van der Waals surface area (Å²) in [4.78, 5) is 46.8. The summed E-state index contributed by atoms with van der Waals surface area (Å²) in [5, 5.41) is 13.9. The third-order valence-corrected chi connectivity index (χ3v) is 8.95. The van der Waals surface area contributed by atoms with Crippen LogP contribution in [0.15, 0.2) is 67.0 Å². The van der Waals surface area contributed by atoms with Gasteiger partial charge in [-0.3, -0.25) is 9.59 Å². The zero-order chi connectivity index (χ0) is 35.6. The Kier molecular flexibility index (Phi) is 9.98. The average Bonchev–Trinajstić information content (AvgIpc) is 3.63. The Morgan fingerprint density at radius 3 is 2.40 bits per heavy atom. The number of ether oxygens (including phenoxy) is 1. The summed E-state index contributed by atoms with van der Waals surface area (Å²) in [5.41, 5.74) is 3.19. The van der Waals surface area contributed by atoms with Gasteiger partial charge in [-0.25, -0.2) is 9.18 Å². The number of hydrogen-bond donors (Lipinski definition) is 1. The minimum atomic E-state index is -1.00. The number of likely N-dealkylation sites (N-methyl/N-ethyl adjacent to an activating group) is 1. The lowest BCUT2D eigenvalue weighted by atomic mass is 9.89. The molecular formula is C36H38ClFN8O4. The van der Waals surface area contributed by atoms with E-state index in [0.29, 0.717) is 23.2 Å². The largest absolute Gasteiger partial charge is 0.456 e. The fraction of sp³-hybridized carbons (Fsp3) is 0.333. The quantitative estimate of drug-likeness (QED) is 0.211. The molecule has 0 saturated carbocycles. The van der Waals surface area contributed by atoms with E-state index in [4.69, 9.17) is 16.3 Å². The van der Waals surface area contributed by atoms with Gasteiger partial charge >= 0.3 is 5.97 Å². The van der Waals surface area contributed by atoms with Crippen LogP contribution in [-0.4, -0.2) is 93.2 Å². The molecule has 3 heterocycles. The minimum Gasteiger partial charge on any atom is -0.456 e. The molecule has 0 spiro atoms. The highest BCUT2D eigenvalue weighted by Gasteiger charge is 2.37. The lowest BCUT2D eigenvalue weighted by Gasteiger charge is -2.40. The summed E-state index contributed by atoms with van der Waals surface area (Å²) < 4.78 is 22.0. The number of carbonyl (C=O) groups excluding carboxylic acids is 3. The number of rotatable bonds is 7. The van der Waals surface area contributed by atoms with Gasteiger partial charge in [-0.2, -0.15) is 4.68 Å². The highest BCUT2D eigenvalue weighted by atomic mass is 35.5. The Hall–Kier alpha value is -5.14. The molecule has 50 heavy (non-hydrogen) atoms. The Morgan fingerprint density at radius 2 is 1.72 bits per heavy atom. The summed E-state index contributed by atoms with van der Waals surface area (Å²) >= 11 is 6.10. The van der Waals surface area contributed by atoms with Crippen molar-refractivity contribution in [2.24, 2.45) is 0 Å². The van der Waals surface area contributed by atoms with Gasteiger partial charge in [0.2, 0.25) is 5.91 Å². The number of nitrogens with one attached hydrogen (secondary N) is 1. The fourth-order valence-electron chi connectivity index (χ4n) is 6.19. The summed E-state index contributed by atoms with van der Waals surface area (Å²) in [5.74, 6) is -2.15. The third kappa shape index (κ3) is 7.53. The first-order chi connectivity index (χ1) is 23.9. The molecule has 12 nitrogen and oxygen atoms in total. The van der Waals surface area contributed by atoms with Crippen LogP contribution in [0.4, 0.5) is 15.8 Å². The lowest BCUT2D eigenvalue weighted by molar-refractivity contribution is -0.135. The number of hydrogen-bond acceptors (Lipinski definition) is 9. The lowest BCUT2D eigenvalue weighted by Crippen LogP contribution is -2.47. The SMILES string of the molecule is CN1CCN(c2cccc3c2CCN(C(=O)C=Cc2c(-n4cnnn4)ccc(Cl)c2F)C3C(=O)Nc2ccc(C(=O)OC(C)(C)C)cc2)CC1. The number of esters is 1. The molecule has 2 aliphatic rings. The van der Waals surface area contributed by atoms with Gasteiger partial charge in [0, 0.05) is 55.7 Å². The van der Waals surface area contributed by atoms with Crippen molar-refractivity contribution in [1.29, 1.82) is 0 Å². The van der Waals surface area contributed by atoms with Crippen molar-refractivity contribution in [3.05, 3.63) is 100 Å². The molecule has 6 rings (SSSR count). The Labute approximate surface area is 294 Å². The molecule has 2 aliphatic heterocycles. The number of aromatic nitrogens is 4. The van der Waals surface area contributed by atoms with E-state index >= 15 is 4.39 Å². The van der Waals surface area contributed by atoms with Crippen LogP contribution >= 0.6 is 11.6 Å². The number of amides is 2. The highest BCUT2D eigenvalue weighted by Crippen LogP contribution is 2.37. The topological polar surface area (TPSA) is 126 Å². The molecule has 2 amide bonds. The molecule has 1 atom stereocenters. The van der Waals surface area contributed by atoms with Crippen LogP contribution in [0.3, 0.4) is 0 Å². The molecule has 1 fully saturated rings. The predicted octanol–water partition coefficient (Wildman–Crippen LogP) is 4.94. The van der Waals surface area contributed by atoms with Gasteiger partial charge < -0.3 is 24.8 Å². The summed E-state index contributed by atoms with van der Waals surface area (Å²) in [6.45, 7) is 9.12. The minimum absolute atomic E-state index is 0.0130. The second kappa shape index (κ2) is 14.4. The van der Waals surface area contributed by atoms with Gasteiger partial charge in [0.1, 0.15) is 18.0 Å². The Bertz CT molecular complexity index is 1920. The third-order valence-electron chi connectivity index (χ3n) is 8.66. The van der Waals surface area contributed by atoms with E-state index in [9.17, 15) is 14.4 Å². The molecule has 1 unspecified atom stereocenters. The molecular weight excluding hydrogens is 663 g/mol. The van der Waals surface area contributed by atoms with Crippen LogP contribution in [0.5, 0.6) is 0 Å². The average molecular weight is 701 g/mol. The number of tetrazole rings is 1. The monoisotopic (exact) mass is 700 g/mol. The van der Waals surface area contributed by atoms with Crippen molar-refractivity contribution < 1.29 is 23.5 Å². The van der Waals surface area contributed by atoms with Gasteiger partial charge in [0.05, 0.1) is 16.3 Å². The van der Waals surface area contributed by atoms with Gasteiger partial charge in [-0.05, 0) is 104 Å². The van der Waals surface area contributed by atoms with E-state index in [1.807, 2.05) is 12.1 Å². The standard InChI is InChI=1S/C36H38ClFN8O4/c1-36(2,3)50-35(49)23-8-10-24(11-9-23)40-34(48)33-26-6-5-7-29(44-20-18-43(4)19-21-44)25(26)16-17-45(33)31(47)15-12-27-30(46-22-39-41-42-46)14-13-28(37)32(27)38/h5-15,22,33H,16-21H2,1-4H3,(H,40,48). The van der Waals surface area contributed by atoms with Crippen LogP contribution in [0.1, 0.15) is 53.9 Å². The molecule has 3 aromatic carbocycles. The molecule has 0 aliphatic carbocycles. The molecule has 1 saturated heterocycles. The second-order valence-electron chi connectivity index (χ2n) is 13.3. The van der Waals surface area contributed by atoms with Crippen LogP contribution in [0.25, 0.3) is 11.8 Å². The van der Waals surface area contributed by atoms with Crippen LogP contribution < -0.4 is 10.2 Å². The second-order valence-corrected chi connectivity index (χ2v) is 13.7. The predicted molar refractivity (Wildman–Crippen MR) is 188 cm³/mol. The summed E-state index contributed by atoms with van der Waals surface area (Å²) in [6.07, 6.45) is 4.38. The molecule has 0 bridgehead atoms. The van der Waals surface area contributed by atoms with Crippen molar-refractivity contribution in [2.75, 3.05) is 50.0 Å². The number of benzene rings is 3. The van der Waals surface area contributed by atoms with E-state index in [1.54, 1.807) is 51.1 Å². The number of nitrogens with zero attached hydrogens (tertiary/aromatic N) is 7. The maximum atomic E-state index is 15.3. The fourth-order valence-corrected chi connectivity index (χ4v) is 6.35. The van der Waals surface area contributed by atoms with Crippen molar-refractivity contribution >= 4 is 46.8 Å². The number of carbonyl (C=O) groups is 3. The Balaban J connectivity index is 1.32. The maximum absolute atomic E-state index is 15.3. The number of piperazine rings is 1. The highest BCUT2D eigenvalue weighted by molar-refractivity contribution is 6.31. The van der Waals surface area contributed by atoms with E-state index in [1.165, 1.54) is 34.1 Å². The first-order valence-electron chi connectivity index (χ1n) is 16.3. The number of halogens is 2. The van der Waals surface area contributed by atoms with Gasteiger partial charge in [-0.1, -0.05) is 23.7 Å². The van der Waals surface area contributed by atoms with Gasteiger partial charge in [0.25, 0.3) is 5.91 Å². The van der Waals surface area contributed by atoms with Crippen molar-refractivity contribution in [3.63, 3.8) is 0 Å². The molecule has 4 aromatic rings. The van der Waals surface area contributed by atoms with Crippen LogP contribution in [0, 0.1) is 5.82 Å². The maximum Gasteiger partial charge on any atom is 0.338 e. The molecule has 14 heteroatoms. The van der Waals surface area contributed by atoms with Crippen molar-refractivity contribution in [3.8, 4) is 5.69 Å².